The number of ether oxygens (including phenoxy) is 1. The van der Waals surface area contributed by atoms with Gasteiger partial charge in [0.1, 0.15) is 11.5 Å². The SMILES string of the molecule is CC1=C(O)C(CC(C)CCC/C(C)=C/CCc2coc(Cc3ccoc3)c2)OC1=O. The van der Waals surface area contributed by atoms with E-state index in [9.17, 15) is 9.90 Å². The first kappa shape index (κ1) is 22.0. The first-order chi connectivity index (χ1) is 14.4. The van der Waals surface area contributed by atoms with Crippen molar-refractivity contribution < 1.29 is 23.5 Å². The molecule has 1 aliphatic rings. The van der Waals surface area contributed by atoms with Crippen molar-refractivity contribution in [2.45, 2.75) is 71.8 Å². The van der Waals surface area contributed by atoms with Gasteiger partial charge in [0.25, 0.3) is 0 Å². The van der Waals surface area contributed by atoms with Crippen molar-refractivity contribution in [3.8, 4) is 0 Å². The molecule has 162 valence electrons. The van der Waals surface area contributed by atoms with Gasteiger partial charge in [-0.2, -0.15) is 0 Å². The van der Waals surface area contributed by atoms with Gasteiger partial charge in [-0.05, 0) is 75.1 Å². The van der Waals surface area contributed by atoms with Crippen LogP contribution in [0, 0.1) is 5.92 Å². The molecule has 1 N–H and O–H groups in total. The number of carbonyl (C=O) groups excluding carboxylic acids is 1. The highest BCUT2D eigenvalue weighted by Crippen LogP contribution is 2.27. The van der Waals surface area contributed by atoms with Crippen LogP contribution in [0.5, 0.6) is 0 Å². The molecule has 2 aromatic rings. The summed E-state index contributed by atoms with van der Waals surface area (Å²) in [6, 6.07) is 4.08. The van der Waals surface area contributed by atoms with Gasteiger partial charge in [0, 0.05) is 6.42 Å². The topological polar surface area (TPSA) is 72.8 Å². The summed E-state index contributed by atoms with van der Waals surface area (Å²) in [5.41, 5.74) is 4.08. The number of aryl methyl sites for hydroxylation is 1. The molecule has 2 unspecified atom stereocenters. The Balaban J connectivity index is 1.33. The van der Waals surface area contributed by atoms with Crippen molar-refractivity contribution in [1.29, 1.82) is 0 Å². The number of furan rings is 2. The zero-order chi connectivity index (χ0) is 21.5. The number of hydrogen-bond acceptors (Lipinski definition) is 5. The number of esters is 1. The molecule has 0 saturated carbocycles. The van der Waals surface area contributed by atoms with E-state index in [0.29, 0.717) is 17.9 Å². The van der Waals surface area contributed by atoms with Gasteiger partial charge in [0.15, 0.2) is 6.10 Å². The number of aliphatic hydroxyl groups is 1. The van der Waals surface area contributed by atoms with Crippen molar-refractivity contribution in [2.24, 2.45) is 5.92 Å². The minimum atomic E-state index is -0.461. The van der Waals surface area contributed by atoms with E-state index in [-0.39, 0.29) is 5.76 Å². The summed E-state index contributed by atoms with van der Waals surface area (Å²) in [6.45, 7) is 5.94. The van der Waals surface area contributed by atoms with Crippen LogP contribution in [-0.4, -0.2) is 17.2 Å². The van der Waals surface area contributed by atoms with Crippen molar-refractivity contribution in [3.63, 3.8) is 0 Å². The molecule has 5 nitrogen and oxygen atoms in total. The van der Waals surface area contributed by atoms with Gasteiger partial charge in [-0.15, -0.1) is 0 Å². The largest absolute Gasteiger partial charge is 0.508 e. The maximum absolute atomic E-state index is 11.5. The van der Waals surface area contributed by atoms with E-state index in [2.05, 4.69) is 26.0 Å². The number of cyclic esters (lactones) is 1. The third-order valence-electron chi connectivity index (χ3n) is 5.72. The van der Waals surface area contributed by atoms with E-state index >= 15 is 0 Å². The quantitative estimate of drug-likeness (QED) is 0.346. The normalized spacial score (nSPS) is 18.2. The average molecular weight is 413 g/mol. The van der Waals surface area contributed by atoms with Crippen LogP contribution in [0.25, 0.3) is 0 Å². The molecular formula is C25H32O5. The summed E-state index contributed by atoms with van der Waals surface area (Å²) in [5, 5.41) is 9.96. The molecule has 0 bridgehead atoms. The minimum Gasteiger partial charge on any atom is -0.508 e. The van der Waals surface area contributed by atoms with Crippen molar-refractivity contribution in [3.05, 3.63) is 70.8 Å². The molecule has 0 amide bonds. The second kappa shape index (κ2) is 10.4. The van der Waals surface area contributed by atoms with Crippen LogP contribution in [0.15, 0.2) is 62.7 Å². The van der Waals surface area contributed by atoms with Gasteiger partial charge >= 0.3 is 5.97 Å². The smallest absolute Gasteiger partial charge is 0.337 e. The maximum Gasteiger partial charge on any atom is 0.337 e. The van der Waals surface area contributed by atoms with Gasteiger partial charge in [-0.1, -0.05) is 25.0 Å². The fourth-order valence-corrected chi connectivity index (χ4v) is 3.82. The maximum atomic E-state index is 11.5. The van der Waals surface area contributed by atoms with Crippen LogP contribution in [0.2, 0.25) is 0 Å². The molecule has 3 heterocycles. The Morgan fingerprint density at radius 1 is 1.30 bits per heavy atom. The number of carbonyl (C=O) groups is 1. The molecule has 3 rings (SSSR count). The number of rotatable bonds is 11. The van der Waals surface area contributed by atoms with Crippen LogP contribution in [0.3, 0.4) is 0 Å². The first-order valence-corrected chi connectivity index (χ1v) is 10.8. The van der Waals surface area contributed by atoms with Crippen LogP contribution in [-0.2, 0) is 22.4 Å². The predicted octanol–water partition coefficient (Wildman–Crippen LogP) is 6.30. The van der Waals surface area contributed by atoms with E-state index in [1.807, 2.05) is 12.3 Å². The number of aliphatic hydroxyl groups excluding tert-OH is 1. The van der Waals surface area contributed by atoms with Gasteiger partial charge in [-0.25, -0.2) is 4.79 Å². The Hall–Kier alpha value is -2.69. The van der Waals surface area contributed by atoms with E-state index < -0.39 is 12.1 Å². The molecule has 0 saturated heterocycles. The monoisotopic (exact) mass is 412 g/mol. The van der Waals surface area contributed by atoms with Crippen LogP contribution in [0.1, 0.15) is 69.8 Å². The highest BCUT2D eigenvalue weighted by Gasteiger charge is 2.32. The summed E-state index contributed by atoms with van der Waals surface area (Å²) in [6.07, 6.45) is 13.7. The zero-order valence-corrected chi connectivity index (χ0v) is 18.1. The van der Waals surface area contributed by atoms with Gasteiger partial charge in [0.2, 0.25) is 0 Å². The minimum absolute atomic E-state index is 0.107. The fraction of sp³-hybridized carbons (Fsp3) is 0.480. The molecule has 0 spiro atoms. The predicted molar refractivity (Wildman–Crippen MR) is 115 cm³/mol. The molecule has 0 fully saturated rings. The van der Waals surface area contributed by atoms with Gasteiger partial charge < -0.3 is 18.7 Å². The molecular weight excluding hydrogens is 380 g/mol. The Morgan fingerprint density at radius 3 is 2.83 bits per heavy atom. The van der Waals surface area contributed by atoms with Crippen LogP contribution < -0.4 is 0 Å². The van der Waals surface area contributed by atoms with E-state index in [1.165, 1.54) is 11.1 Å². The molecule has 30 heavy (non-hydrogen) atoms. The second-order valence-corrected chi connectivity index (χ2v) is 8.46. The van der Waals surface area contributed by atoms with Crippen molar-refractivity contribution >= 4 is 5.97 Å². The van der Waals surface area contributed by atoms with Gasteiger partial charge in [-0.3, -0.25) is 0 Å². The van der Waals surface area contributed by atoms with Crippen molar-refractivity contribution in [2.75, 3.05) is 0 Å². The summed E-state index contributed by atoms with van der Waals surface area (Å²) < 4.78 is 16.0. The summed E-state index contributed by atoms with van der Waals surface area (Å²) in [5.74, 6) is 1.07. The molecule has 2 aromatic heterocycles. The van der Waals surface area contributed by atoms with Crippen molar-refractivity contribution in [1.82, 2.24) is 0 Å². The van der Waals surface area contributed by atoms with Crippen LogP contribution in [0.4, 0.5) is 0 Å². The highest BCUT2D eigenvalue weighted by atomic mass is 16.6. The molecule has 0 aliphatic carbocycles. The lowest BCUT2D eigenvalue weighted by molar-refractivity contribution is -0.140. The zero-order valence-electron chi connectivity index (χ0n) is 18.1. The molecule has 0 radical (unpaired) electrons. The Bertz CT molecular complexity index is 885. The summed E-state index contributed by atoms with van der Waals surface area (Å²) in [4.78, 5) is 11.5. The standard InChI is InChI=1S/C25H32O5/c1-17(6-4-8-18(2)12-23-24(26)19(3)25(27)30-23)7-5-9-20-13-22(29-16-20)14-21-10-11-28-15-21/h7,10-11,13,15-16,18,23,26H,4-6,8-9,12,14H2,1-3H3/b17-7+. The summed E-state index contributed by atoms with van der Waals surface area (Å²) >= 11 is 0. The molecule has 5 heteroatoms. The lowest BCUT2D eigenvalue weighted by Gasteiger charge is -2.16. The first-order valence-electron chi connectivity index (χ1n) is 10.8. The molecule has 2 atom stereocenters. The van der Waals surface area contributed by atoms with E-state index in [1.54, 1.807) is 19.5 Å². The fourth-order valence-electron chi connectivity index (χ4n) is 3.82. The third kappa shape index (κ3) is 6.15. The Kier molecular flexibility index (Phi) is 7.61. The van der Waals surface area contributed by atoms with Gasteiger partial charge in [0.05, 0.1) is 24.4 Å². The lowest BCUT2D eigenvalue weighted by atomic mass is 9.95. The lowest BCUT2D eigenvalue weighted by Crippen LogP contribution is -2.15. The molecule has 0 aromatic carbocycles. The highest BCUT2D eigenvalue weighted by molar-refractivity contribution is 5.90. The Morgan fingerprint density at radius 2 is 2.13 bits per heavy atom. The number of hydrogen-bond donors (Lipinski definition) is 1. The van der Waals surface area contributed by atoms with Crippen LogP contribution >= 0.6 is 0 Å². The molecule has 1 aliphatic heterocycles. The average Bonchev–Trinajstić information content (AvgIpc) is 3.43. The van der Waals surface area contributed by atoms with E-state index in [0.717, 1.165) is 49.8 Å². The number of allylic oxidation sites excluding steroid dienone is 2. The second-order valence-electron chi connectivity index (χ2n) is 8.46. The Labute approximate surface area is 178 Å². The van der Waals surface area contributed by atoms with E-state index in [4.69, 9.17) is 13.6 Å². The summed E-state index contributed by atoms with van der Waals surface area (Å²) in [7, 11) is 0. The third-order valence-corrected chi connectivity index (χ3v) is 5.72.